The average molecular weight is 332 g/mol. The number of nitrogens with one attached hydrogen (secondary N) is 1. The topological polar surface area (TPSA) is 75.7 Å². The van der Waals surface area contributed by atoms with Crippen LogP contribution in [0.3, 0.4) is 0 Å². The van der Waals surface area contributed by atoms with E-state index in [1.807, 2.05) is 6.92 Å². The highest BCUT2D eigenvalue weighted by molar-refractivity contribution is 6.05. The van der Waals surface area contributed by atoms with Crippen molar-refractivity contribution in [1.29, 1.82) is 0 Å². The first-order valence-corrected chi connectivity index (χ1v) is 8.39. The van der Waals surface area contributed by atoms with E-state index in [0.29, 0.717) is 30.0 Å². The molecule has 0 radical (unpaired) electrons. The Morgan fingerprint density at radius 3 is 2.71 bits per heavy atom. The van der Waals surface area contributed by atoms with Crippen LogP contribution in [0, 0.1) is 0 Å². The predicted molar refractivity (Wildman–Crippen MR) is 91.4 cm³/mol. The van der Waals surface area contributed by atoms with Crippen molar-refractivity contribution in [1.82, 2.24) is 5.32 Å². The van der Waals surface area contributed by atoms with Crippen molar-refractivity contribution >= 4 is 23.3 Å². The molecule has 0 aromatic heterocycles. The van der Waals surface area contributed by atoms with Crippen LogP contribution in [0.1, 0.15) is 50.4 Å². The first-order valence-electron chi connectivity index (χ1n) is 8.39. The molecule has 1 atom stereocenters. The van der Waals surface area contributed by atoms with Gasteiger partial charge in [-0.05, 0) is 31.5 Å². The maximum Gasteiger partial charge on any atom is 0.268 e. The lowest BCUT2D eigenvalue weighted by Crippen LogP contribution is -2.49. The zero-order chi connectivity index (χ0) is 17.7. The van der Waals surface area contributed by atoms with Crippen molar-refractivity contribution in [3.63, 3.8) is 0 Å². The number of ether oxygens (including phenoxy) is 1. The quantitative estimate of drug-likeness (QED) is 0.614. The Bertz CT molecular complexity index is 642. The number of Topliss-reactive ketones (excluding diaryl/α,β-unsaturated/α-hetero) is 1. The van der Waals surface area contributed by atoms with Crippen LogP contribution in [0.25, 0.3) is 0 Å². The summed E-state index contributed by atoms with van der Waals surface area (Å²) in [6.45, 7) is 5.99. The highest BCUT2D eigenvalue weighted by Crippen LogP contribution is 2.35. The number of ketones is 1. The number of rotatable bonds is 7. The zero-order valence-corrected chi connectivity index (χ0v) is 14.4. The fourth-order valence-electron chi connectivity index (χ4n) is 2.55. The molecule has 1 unspecified atom stereocenters. The van der Waals surface area contributed by atoms with Crippen LogP contribution < -0.4 is 15.0 Å². The minimum Gasteiger partial charge on any atom is -0.479 e. The van der Waals surface area contributed by atoms with Crippen LogP contribution in [-0.4, -0.2) is 36.8 Å². The molecule has 130 valence electrons. The highest BCUT2D eigenvalue weighted by atomic mass is 16.5. The van der Waals surface area contributed by atoms with Crippen LogP contribution in [-0.2, 0) is 9.59 Å². The number of carbonyl (C=O) groups is 3. The van der Waals surface area contributed by atoms with Gasteiger partial charge < -0.3 is 10.1 Å². The summed E-state index contributed by atoms with van der Waals surface area (Å²) in [6.07, 6.45) is 1.60. The van der Waals surface area contributed by atoms with Gasteiger partial charge in [-0.3, -0.25) is 19.3 Å². The van der Waals surface area contributed by atoms with E-state index < -0.39 is 6.10 Å². The van der Waals surface area contributed by atoms with Gasteiger partial charge in [-0.2, -0.15) is 0 Å². The molecule has 6 heteroatoms. The summed E-state index contributed by atoms with van der Waals surface area (Å²) in [5.74, 6) is -0.00867. The molecule has 0 saturated carbocycles. The van der Waals surface area contributed by atoms with Gasteiger partial charge in [0.15, 0.2) is 11.9 Å². The summed E-state index contributed by atoms with van der Waals surface area (Å²) in [7, 11) is 0. The number of anilines is 1. The van der Waals surface area contributed by atoms with Crippen LogP contribution in [0.15, 0.2) is 18.2 Å². The third-order valence-electron chi connectivity index (χ3n) is 3.96. The number of carbonyl (C=O) groups excluding carboxylic acids is 3. The number of benzene rings is 1. The second-order valence-corrected chi connectivity index (χ2v) is 5.85. The summed E-state index contributed by atoms with van der Waals surface area (Å²) in [5.41, 5.74) is 0.988. The minimum absolute atomic E-state index is 0.0174. The summed E-state index contributed by atoms with van der Waals surface area (Å²) in [5, 5.41) is 2.81. The van der Waals surface area contributed by atoms with Gasteiger partial charge in [0.25, 0.3) is 5.91 Å². The number of hydrogen-bond donors (Lipinski definition) is 1. The molecule has 0 bridgehead atoms. The van der Waals surface area contributed by atoms with Gasteiger partial charge in [-0.25, -0.2) is 0 Å². The van der Waals surface area contributed by atoms with E-state index in [4.69, 9.17) is 4.74 Å². The molecular weight excluding hydrogens is 308 g/mol. The summed E-state index contributed by atoms with van der Waals surface area (Å²) >= 11 is 0. The summed E-state index contributed by atoms with van der Waals surface area (Å²) in [4.78, 5) is 37.9. The van der Waals surface area contributed by atoms with Crippen molar-refractivity contribution in [2.75, 3.05) is 18.0 Å². The smallest absolute Gasteiger partial charge is 0.268 e. The van der Waals surface area contributed by atoms with E-state index in [-0.39, 0.29) is 24.1 Å². The molecular formula is C18H24N2O4. The number of unbranched alkanes of at least 4 members (excludes halogenated alkanes) is 1. The molecule has 2 amide bonds. The molecule has 1 aromatic carbocycles. The second kappa shape index (κ2) is 7.95. The van der Waals surface area contributed by atoms with E-state index in [1.54, 1.807) is 32.0 Å². The number of hydrogen-bond acceptors (Lipinski definition) is 4. The van der Waals surface area contributed by atoms with E-state index in [0.717, 1.165) is 12.8 Å². The monoisotopic (exact) mass is 332 g/mol. The van der Waals surface area contributed by atoms with Gasteiger partial charge in [0.1, 0.15) is 12.3 Å². The third-order valence-corrected chi connectivity index (χ3v) is 3.96. The lowest BCUT2D eigenvalue weighted by molar-refractivity contribution is -0.128. The lowest BCUT2D eigenvalue weighted by Gasteiger charge is -2.32. The van der Waals surface area contributed by atoms with E-state index in [9.17, 15) is 14.4 Å². The van der Waals surface area contributed by atoms with Gasteiger partial charge in [0.2, 0.25) is 5.91 Å². The highest BCUT2D eigenvalue weighted by Gasteiger charge is 2.33. The van der Waals surface area contributed by atoms with Gasteiger partial charge in [-0.1, -0.05) is 20.3 Å². The number of amides is 2. The predicted octanol–water partition coefficient (Wildman–Crippen LogP) is 2.31. The fraction of sp³-hybridized carbons (Fsp3) is 0.500. The standard InChI is InChI=1S/C18H24N2O4/c1-4-6-9-19-17(22)11-20-14-10-13(15(21)5-2)7-8-16(14)24-12(3)18(20)23/h7-8,10,12H,4-6,9,11H2,1-3H3,(H,19,22). The van der Waals surface area contributed by atoms with Crippen molar-refractivity contribution < 1.29 is 19.1 Å². The van der Waals surface area contributed by atoms with Crippen molar-refractivity contribution in [3.8, 4) is 5.75 Å². The molecule has 6 nitrogen and oxygen atoms in total. The fourth-order valence-corrected chi connectivity index (χ4v) is 2.55. The van der Waals surface area contributed by atoms with Gasteiger partial charge in [-0.15, -0.1) is 0 Å². The number of fused-ring (bicyclic) bond motifs is 1. The first-order chi connectivity index (χ1) is 11.5. The van der Waals surface area contributed by atoms with Crippen molar-refractivity contribution in [2.45, 2.75) is 46.1 Å². The number of nitrogens with zero attached hydrogens (tertiary/aromatic N) is 1. The SMILES string of the molecule is CCCCNC(=O)CN1C(=O)C(C)Oc2ccc(C(=O)CC)cc21. The Hall–Kier alpha value is -2.37. The molecule has 1 aliphatic heterocycles. The normalized spacial score (nSPS) is 16.4. The third kappa shape index (κ3) is 3.93. The molecule has 0 fully saturated rings. The molecule has 0 spiro atoms. The molecule has 0 aliphatic carbocycles. The van der Waals surface area contributed by atoms with Gasteiger partial charge in [0.05, 0.1) is 5.69 Å². The average Bonchev–Trinajstić information content (AvgIpc) is 2.58. The van der Waals surface area contributed by atoms with E-state index in [2.05, 4.69) is 5.32 Å². The molecule has 1 N–H and O–H groups in total. The van der Waals surface area contributed by atoms with Crippen molar-refractivity contribution in [2.24, 2.45) is 0 Å². The van der Waals surface area contributed by atoms with Crippen molar-refractivity contribution in [3.05, 3.63) is 23.8 Å². The van der Waals surface area contributed by atoms with E-state index >= 15 is 0 Å². The molecule has 1 aromatic rings. The first kappa shape index (κ1) is 18.0. The Balaban J connectivity index is 2.25. The molecule has 2 rings (SSSR count). The molecule has 24 heavy (non-hydrogen) atoms. The molecule has 1 aliphatic rings. The van der Waals surface area contributed by atoms with Crippen LogP contribution in [0.4, 0.5) is 5.69 Å². The molecule has 0 saturated heterocycles. The Labute approximate surface area is 142 Å². The summed E-state index contributed by atoms with van der Waals surface area (Å²) in [6, 6.07) is 5.00. The van der Waals surface area contributed by atoms with Gasteiger partial charge in [0, 0.05) is 18.5 Å². The maximum absolute atomic E-state index is 12.4. The van der Waals surface area contributed by atoms with E-state index in [1.165, 1.54) is 4.90 Å². The van der Waals surface area contributed by atoms with Crippen LogP contribution in [0.2, 0.25) is 0 Å². The van der Waals surface area contributed by atoms with Crippen LogP contribution >= 0.6 is 0 Å². The zero-order valence-electron chi connectivity index (χ0n) is 14.4. The van der Waals surface area contributed by atoms with Crippen LogP contribution in [0.5, 0.6) is 5.75 Å². The second-order valence-electron chi connectivity index (χ2n) is 5.85. The Morgan fingerprint density at radius 2 is 2.04 bits per heavy atom. The Kier molecular flexibility index (Phi) is 5.95. The Morgan fingerprint density at radius 1 is 1.29 bits per heavy atom. The summed E-state index contributed by atoms with van der Waals surface area (Å²) < 4.78 is 5.59. The lowest BCUT2D eigenvalue weighted by atomic mass is 10.1. The molecule has 1 heterocycles. The maximum atomic E-state index is 12.4. The van der Waals surface area contributed by atoms with Gasteiger partial charge >= 0.3 is 0 Å². The largest absolute Gasteiger partial charge is 0.479 e. The minimum atomic E-state index is -0.659.